The number of nitrogens with zero attached hydrogens (tertiary/aromatic N) is 3. The Morgan fingerprint density at radius 3 is 3.07 bits per heavy atom. The lowest BCUT2D eigenvalue weighted by Crippen LogP contribution is -2.02. The summed E-state index contributed by atoms with van der Waals surface area (Å²) in [5.41, 5.74) is 6.81. The van der Waals surface area contributed by atoms with Gasteiger partial charge >= 0.3 is 0 Å². The molecule has 2 heterocycles. The van der Waals surface area contributed by atoms with Crippen molar-refractivity contribution in [3.8, 4) is 6.07 Å². The van der Waals surface area contributed by atoms with Crippen molar-refractivity contribution in [3.63, 3.8) is 0 Å². The van der Waals surface area contributed by atoms with Gasteiger partial charge in [-0.2, -0.15) is 5.26 Å². The lowest BCUT2D eigenvalue weighted by molar-refractivity contribution is 0.777. The monoisotopic (exact) mass is 200 g/mol. The molecule has 0 spiro atoms. The molecule has 2 rings (SSSR count). The molecule has 0 atom stereocenters. The van der Waals surface area contributed by atoms with Crippen molar-refractivity contribution >= 4 is 5.52 Å². The van der Waals surface area contributed by atoms with Crippen LogP contribution >= 0.6 is 0 Å². The molecule has 0 bridgehead atoms. The Kier molecular flexibility index (Phi) is 2.66. The number of pyridine rings is 1. The molecule has 0 fully saturated rings. The van der Waals surface area contributed by atoms with E-state index in [0.717, 1.165) is 24.2 Å². The maximum absolute atomic E-state index is 8.92. The molecule has 0 saturated carbocycles. The summed E-state index contributed by atoms with van der Waals surface area (Å²) in [5, 5.41) is 8.92. The highest BCUT2D eigenvalue weighted by Crippen LogP contribution is 2.12. The van der Waals surface area contributed by atoms with E-state index in [9.17, 15) is 0 Å². The van der Waals surface area contributed by atoms with Crippen LogP contribution in [-0.2, 0) is 6.42 Å². The minimum absolute atomic E-state index is 0.489. The summed E-state index contributed by atoms with van der Waals surface area (Å²) in [6, 6.07) is 7.84. The topological polar surface area (TPSA) is 67.1 Å². The number of aryl methyl sites for hydroxylation is 1. The number of nitriles is 1. The number of nitrogens with two attached hydrogens (primary N) is 1. The summed E-state index contributed by atoms with van der Waals surface area (Å²) in [6.45, 7) is 0.642. The van der Waals surface area contributed by atoms with E-state index in [1.165, 1.54) is 0 Å². The SMILES string of the molecule is N#Cc1nc(CCCN)n2ccccc12. The smallest absolute Gasteiger partial charge is 0.166 e. The molecule has 4 heteroatoms. The van der Waals surface area contributed by atoms with Crippen molar-refractivity contribution in [3.05, 3.63) is 35.9 Å². The van der Waals surface area contributed by atoms with Crippen molar-refractivity contribution in [2.75, 3.05) is 6.54 Å². The molecule has 0 aliphatic heterocycles. The zero-order chi connectivity index (χ0) is 10.7. The molecule has 0 aliphatic carbocycles. The average Bonchev–Trinajstić information content (AvgIpc) is 2.65. The van der Waals surface area contributed by atoms with Gasteiger partial charge in [-0.3, -0.25) is 0 Å². The lowest BCUT2D eigenvalue weighted by Gasteiger charge is -1.98. The van der Waals surface area contributed by atoms with Gasteiger partial charge in [0.15, 0.2) is 5.69 Å². The fraction of sp³-hybridized carbons (Fsp3) is 0.273. The van der Waals surface area contributed by atoms with Crippen LogP contribution in [0.2, 0.25) is 0 Å². The van der Waals surface area contributed by atoms with E-state index >= 15 is 0 Å². The van der Waals surface area contributed by atoms with E-state index in [2.05, 4.69) is 11.1 Å². The Labute approximate surface area is 88.0 Å². The zero-order valence-corrected chi connectivity index (χ0v) is 8.35. The molecule has 2 aromatic heterocycles. The van der Waals surface area contributed by atoms with Gasteiger partial charge in [0.05, 0.1) is 5.52 Å². The average molecular weight is 200 g/mol. The van der Waals surface area contributed by atoms with Crippen molar-refractivity contribution in [2.24, 2.45) is 5.73 Å². The summed E-state index contributed by atoms with van der Waals surface area (Å²) in [7, 11) is 0. The summed E-state index contributed by atoms with van der Waals surface area (Å²) in [4.78, 5) is 4.29. The Morgan fingerprint density at radius 1 is 1.47 bits per heavy atom. The highest BCUT2D eigenvalue weighted by molar-refractivity contribution is 5.58. The Morgan fingerprint density at radius 2 is 2.33 bits per heavy atom. The summed E-state index contributed by atoms with van der Waals surface area (Å²) in [6.07, 6.45) is 3.62. The molecule has 0 aliphatic rings. The Balaban J connectivity index is 2.51. The van der Waals surface area contributed by atoms with Gasteiger partial charge in [0.25, 0.3) is 0 Å². The summed E-state index contributed by atoms with van der Waals surface area (Å²) >= 11 is 0. The van der Waals surface area contributed by atoms with E-state index in [4.69, 9.17) is 11.0 Å². The minimum atomic E-state index is 0.489. The van der Waals surface area contributed by atoms with Gasteiger partial charge in [0.1, 0.15) is 11.9 Å². The van der Waals surface area contributed by atoms with Crippen molar-refractivity contribution < 1.29 is 0 Å². The maximum atomic E-state index is 8.92. The van der Waals surface area contributed by atoms with Crippen LogP contribution in [-0.4, -0.2) is 15.9 Å². The molecular weight excluding hydrogens is 188 g/mol. The molecule has 0 aromatic carbocycles. The number of imidazole rings is 1. The van der Waals surface area contributed by atoms with Crippen LogP contribution in [0.5, 0.6) is 0 Å². The molecule has 76 valence electrons. The molecule has 4 nitrogen and oxygen atoms in total. The Bertz CT molecular complexity index is 507. The van der Waals surface area contributed by atoms with Gasteiger partial charge in [-0.15, -0.1) is 0 Å². The summed E-state index contributed by atoms with van der Waals surface area (Å²) < 4.78 is 1.95. The van der Waals surface area contributed by atoms with Gasteiger partial charge in [-0.05, 0) is 25.1 Å². The molecule has 0 amide bonds. The molecule has 0 radical (unpaired) electrons. The number of hydrogen-bond donors (Lipinski definition) is 1. The predicted molar refractivity (Wildman–Crippen MR) is 57.3 cm³/mol. The van der Waals surface area contributed by atoms with Crippen LogP contribution < -0.4 is 5.73 Å². The van der Waals surface area contributed by atoms with Crippen molar-refractivity contribution in [2.45, 2.75) is 12.8 Å². The van der Waals surface area contributed by atoms with Crippen molar-refractivity contribution in [1.82, 2.24) is 9.38 Å². The number of hydrogen-bond acceptors (Lipinski definition) is 3. The van der Waals surface area contributed by atoms with Gasteiger partial charge in [0, 0.05) is 12.6 Å². The van der Waals surface area contributed by atoms with Crippen LogP contribution in [0.25, 0.3) is 5.52 Å². The van der Waals surface area contributed by atoms with Gasteiger partial charge < -0.3 is 10.1 Å². The standard InChI is InChI=1S/C11H12N4/c12-6-3-5-11-14-9(8-13)10-4-1-2-7-15(10)11/h1-2,4,7H,3,5-6,12H2. The first-order valence-electron chi connectivity index (χ1n) is 4.93. The Hall–Kier alpha value is -1.86. The summed E-state index contributed by atoms with van der Waals surface area (Å²) in [5.74, 6) is 0.910. The highest BCUT2D eigenvalue weighted by atomic mass is 15.0. The number of rotatable bonds is 3. The van der Waals surface area contributed by atoms with Gasteiger partial charge in [-0.25, -0.2) is 4.98 Å². The van der Waals surface area contributed by atoms with E-state index in [1.54, 1.807) is 0 Å². The van der Waals surface area contributed by atoms with Crippen LogP contribution in [0.4, 0.5) is 0 Å². The first-order chi connectivity index (χ1) is 7.36. The third kappa shape index (κ3) is 1.69. The zero-order valence-electron chi connectivity index (χ0n) is 8.35. The molecule has 15 heavy (non-hydrogen) atoms. The third-order valence-corrected chi connectivity index (χ3v) is 2.33. The normalized spacial score (nSPS) is 10.4. The minimum Gasteiger partial charge on any atom is -0.330 e. The molecule has 0 saturated heterocycles. The second kappa shape index (κ2) is 4.11. The van der Waals surface area contributed by atoms with E-state index in [1.807, 2.05) is 28.8 Å². The van der Waals surface area contributed by atoms with Gasteiger partial charge in [-0.1, -0.05) is 6.07 Å². The molecular formula is C11H12N4. The van der Waals surface area contributed by atoms with Crippen LogP contribution in [0, 0.1) is 11.3 Å². The number of fused-ring (bicyclic) bond motifs is 1. The second-order valence-corrected chi connectivity index (χ2v) is 3.34. The third-order valence-electron chi connectivity index (χ3n) is 2.33. The molecule has 2 N–H and O–H groups in total. The van der Waals surface area contributed by atoms with Crippen molar-refractivity contribution in [1.29, 1.82) is 5.26 Å². The lowest BCUT2D eigenvalue weighted by atomic mass is 10.3. The van der Waals surface area contributed by atoms with Crippen LogP contribution in [0.15, 0.2) is 24.4 Å². The maximum Gasteiger partial charge on any atom is 0.166 e. The van der Waals surface area contributed by atoms with E-state index in [-0.39, 0.29) is 0 Å². The fourth-order valence-electron chi connectivity index (χ4n) is 1.62. The highest BCUT2D eigenvalue weighted by Gasteiger charge is 2.08. The number of aromatic nitrogens is 2. The second-order valence-electron chi connectivity index (χ2n) is 3.34. The molecule has 2 aromatic rings. The predicted octanol–water partition coefficient (Wildman–Crippen LogP) is 1.10. The fourth-order valence-corrected chi connectivity index (χ4v) is 1.62. The van der Waals surface area contributed by atoms with Crippen LogP contribution in [0.1, 0.15) is 17.9 Å². The first-order valence-corrected chi connectivity index (χ1v) is 4.93. The van der Waals surface area contributed by atoms with Gasteiger partial charge in [0.2, 0.25) is 0 Å². The van der Waals surface area contributed by atoms with E-state index in [0.29, 0.717) is 12.2 Å². The largest absolute Gasteiger partial charge is 0.330 e. The first kappa shape index (κ1) is 9.69. The molecule has 0 unspecified atom stereocenters. The van der Waals surface area contributed by atoms with E-state index < -0.39 is 0 Å². The van der Waals surface area contributed by atoms with Crippen LogP contribution in [0.3, 0.4) is 0 Å². The quantitative estimate of drug-likeness (QED) is 0.806.